The van der Waals surface area contributed by atoms with E-state index in [9.17, 15) is 4.79 Å². The monoisotopic (exact) mass is 473 g/mol. The zero-order valence-corrected chi connectivity index (χ0v) is 19.1. The van der Waals surface area contributed by atoms with Gasteiger partial charge in [-0.1, -0.05) is 72.2 Å². The van der Waals surface area contributed by atoms with E-state index in [1.165, 1.54) is 17.3 Å². The predicted octanol–water partition coefficient (Wildman–Crippen LogP) is 6.80. The van der Waals surface area contributed by atoms with E-state index in [1.807, 2.05) is 42.5 Å². The van der Waals surface area contributed by atoms with Crippen molar-refractivity contribution < 1.29 is 14.6 Å². The lowest BCUT2D eigenvalue weighted by molar-refractivity contribution is -0.266. The van der Waals surface area contributed by atoms with E-state index in [-0.39, 0.29) is 5.57 Å². The summed E-state index contributed by atoms with van der Waals surface area (Å²) in [6.07, 6.45) is 1.58. The molecular weight excluding hydrogens is 453 g/mol. The fourth-order valence-electron chi connectivity index (χ4n) is 2.72. The van der Waals surface area contributed by atoms with Gasteiger partial charge in [-0.2, -0.15) is 4.89 Å². The molecule has 3 rings (SSSR count). The molecule has 0 fully saturated rings. The van der Waals surface area contributed by atoms with E-state index in [2.05, 4.69) is 11.6 Å². The van der Waals surface area contributed by atoms with Crippen molar-refractivity contribution in [2.75, 3.05) is 6.61 Å². The molecule has 0 saturated heterocycles. The van der Waals surface area contributed by atoms with Crippen LogP contribution in [0.4, 0.5) is 0 Å². The van der Waals surface area contributed by atoms with Crippen molar-refractivity contribution in [1.82, 2.24) is 4.98 Å². The first-order valence-corrected chi connectivity index (χ1v) is 11.4. The molecule has 160 valence electrons. The number of hydrogen-bond donors (Lipinski definition) is 0. The quantitative estimate of drug-likeness (QED) is 0.106. The number of aryl methyl sites for hydroxylation is 1. The van der Waals surface area contributed by atoms with Gasteiger partial charge in [0.2, 0.25) is 0 Å². The minimum Gasteiger partial charge on any atom is -0.293 e. The highest BCUT2D eigenvalue weighted by Crippen LogP contribution is 2.35. The van der Waals surface area contributed by atoms with Gasteiger partial charge >= 0.3 is 5.97 Å². The topological polar surface area (TPSA) is 48.4 Å². The highest BCUT2D eigenvalue weighted by Gasteiger charge is 2.15. The van der Waals surface area contributed by atoms with E-state index in [1.54, 1.807) is 24.3 Å². The second-order valence-electron chi connectivity index (χ2n) is 6.61. The number of pyridine rings is 1. The summed E-state index contributed by atoms with van der Waals surface area (Å²) in [7, 11) is 0. The lowest BCUT2D eigenvalue weighted by Crippen LogP contribution is -2.10. The number of aromatic nitrogens is 1. The molecule has 0 amide bonds. The van der Waals surface area contributed by atoms with Gasteiger partial charge in [0.15, 0.2) is 0 Å². The van der Waals surface area contributed by atoms with Crippen LogP contribution in [0.25, 0.3) is 5.57 Å². The molecular formula is C24H21Cl2NO3S. The molecule has 1 heterocycles. The number of hydrogen-bond acceptors (Lipinski definition) is 5. The van der Waals surface area contributed by atoms with Gasteiger partial charge in [-0.3, -0.25) is 9.87 Å². The van der Waals surface area contributed by atoms with Crippen LogP contribution in [0.2, 0.25) is 10.0 Å². The van der Waals surface area contributed by atoms with Crippen molar-refractivity contribution in [3.63, 3.8) is 0 Å². The second-order valence-corrected chi connectivity index (χ2v) is 8.41. The van der Waals surface area contributed by atoms with Crippen LogP contribution < -0.4 is 0 Å². The fraction of sp³-hybridized carbons (Fsp3) is 0.167. The fourth-order valence-corrected chi connectivity index (χ4v) is 4.31. The second kappa shape index (κ2) is 11.9. The summed E-state index contributed by atoms with van der Waals surface area (Å²) >= 11 is 13.9. The molecule has 0 unspecified atom stereocenters. The lowest BCUT2D eigenvalue weighted by atomic mass is 10.1. The number of thioether (sulfide) groups is 1. The van der Waals surface area contributed by atoms with Crippen molar-refractivity contribution in [3.8, 4) is 0 Å². The molecule has 0 radical (unpaired) electrons. The Morgan fingerprint density at radius 3 is 2.42 bits per heavy atom. The van der Waals surface area contributed by atoms with E-state index in [0.717, 1.165) is 23.4 Å². The molecule has 3 aromatic rings. The standard InChI is InChI=1S/C24H21Cl2NO3S/c1-17(24(28)30-29-15-7-10-18-8-3-2-4-9-18)22-14-5-11-19(27-22)16-31-23-20(25)12-6-13-21(23)26/h2-6,8-9,11-14H,1,7,10,15-16H2. The Morgan fingerprint density at radius 2 is 1.68 bits per heavy atom. The zero-order valence-electron chi connectivity index (χ0n) is 16.7. The van der Waals surface area contributed by atoms with Gasteiger partial charge in [0.1, 0.15) is 0 Å². The summed E-state index contributed by atoms with van der Waals surface area (Å²) in [5, 5.41) is 1.18. The van der Waals surface area contributed by atoms with Crippen molar-refractivity contribution >= 4 is 46.5 Å². The van der Waals surface area contributed by atoms with Gasteiger partial charge in [0, 0.05) is 10.6 Å². The Balaban J connectivity index is 1.48. The normalized spacial score (nSPS) is 10.6. The van der Waals surface area contributed by atoms with Crippen LogP contribution in [0.1, 0.15) is 23.4 Å². The van der Waals surface area contributed by atoms with Crippen LogP contribution in [0, 0.1) is 0 Å². The summed E-state index contributed by atoms with van der Waals surface area (Å²) in [5.74, 6) is -0.124. The van der Waals surface area contributed by atoms with Crippen LogP contribution in [-0.2, 0) is 26.7 Å². The SMILES string of the molecule is C=C(C(=O)OOCCCc1ccccc1)c1cccc(CSc2c(Cl)cccc2Cl)n1. The molecule has 0 aliphatic carbocycles. The van der Waals surface area contributed by atoms with Crippen molar-refractivity contribution in [3.05, 3.63) is 100 Å². The Hall–Kier alpha value is -2.31. The summed E-state index contributed by atoms with van der Waals surface area (Å²) in [6.45, 7) is 4.10. The Bertz CT molecular complexity index is 1020. The maximum absolute atomic E-state index is 12.2. The highest BCUT2D eigenvalue weighted by molar-refractivity contribution is 7.98. The minimum absolute atomic E-state index is 0.130. The van der Waals surface area contributed by atoms with Crippen LogP contribution in [0.5, 0.6) is 0 Å². The number of halogens is 2. The van der Waals surface area contributed by atoms with Gasteiger partial charge in [0.05, 0.1) is 33.6 Å². The van der Waals surface area contributed by atoms with Crippen LogP contribution >= 0.6 is 35.0 Å². The molecule has 0 saturated carbocycles. The predicted molar refractivity (Wildman–Crippen MR) is 126 cm³/mol. The summed E-state index contributed by atoms with van der Waals surface area (Å²) in [6, 6.07) is 20.8. The van der Waals surface area contributed by atoms with Gasteiger partial charge in [-0.15, -0.1) is 11.8 Å². The Morgan fingerprint density at radius 1 is 0.968 bits per heavy atom. The highest BCUT2D eigenvalue weighted by atomic mass is 35.5. The zero-order chi connectivity index (χ0) is 22.1. The summed E-state index contributed by atoms with van der Waals surface area (Å²) < 4.78 is 0. The van der Waals surface area contributed by atoms with E-state index in [4.69, 9.17) is 33.0 Å². The lowest BCUT2D eigenvalue weighted by Gasteiger charge is -2.09. The molecule has 2 aromatic carbocycles. The van der Waals surface area contributed by atoms with Crippen LogP contribution in [0.15, 0.2) is 78.2 Å². The van der Waals surface area contributed by atoms with E-state index >= 15 is 0 Å². The third-order valence-corrected chi connectivity index (χ3v) is 6.34. The summed E-state index contributed by atoms with van der Waals surface area (Å²) in [5.41, 5.74) is 2.53. The number of rotatable bonds is 10. The number of carbonyl (C=O) groups excluding carboxylic acids is 1. The first-order valence-electron chi connectivity index (χ1n) is 9.64. The van der Waals surface area contributed by atoms with Gasteiger partial charge in [-0.25, -0.2) is 4.79 Å². The van der Waals surface area contributed by atoms with E-state index in [0.29, 0.717) is 28.1 Å². The maximum Gasteiger partial charge on any atom is 0.374 e. The molecule has 0 atom stereocenters. The molecule has 0 spiro atoms. The molecule has 7 heteroatoms. The molecule has 1 aromatic heterocycles. The number of carbonyl (C=O) groups is 1. The van der Waals surface area contributed by atoms with Crippen LogP contribution in [-0.4, -0.2) is 17.6 Å². The molecule has 0 bridgehead atoms. The minimum atomic E-state index is -0.661. The summed E-state index contributed by atoms with van der Waals surface area (Å²) in [4.78, 5) is 27.4. The third kappa shape index (κ3) is 7.11. The van der Waals surface area contributed by atoms with Crippen molar-refractivity contribution in [2.24, 2.45) is 0 Å². The Labute approximate surface area is 196 Å². The van der Waals surface area contributed by atoms with Gasteiger partial charge in [0.25, 0.3) is 0 Å². The average Bonchev–Trinajstić information content (AvgIpc) is 2.79. The third-order valence-electron chi connectivity index (χ3n) is 4.32. The van der Waals surface area contributed by atoms with Gasteiger partial charge < -0.3 is 0 Å². The molecule has 0 N–H and O–H groups in total. The first-order chi connectivity index (χ1) is 15.0. The molecule has 4 nitrogen and oxygen atoms in total. The smallest absolute Gasteiger partial charge is 0.293 e. The van der Waals surface area contributed by atoms with E-state index < -0.39 is 5.97 Å². The van der Waals surface area contributed by atoms with Crippen molar-refractivity contribution in [1.29, 1.82) is 0 Å². The largest absolute Gasteiger partial charge is 0.374 e. The van der Waals surface area contributed by atoms with Gasteiger partial charge in [-0.05, 0) is 42.7 Å². The number of nitrogens with zero attached hydrogens (tertiary/aromatic N) is 1. The molecule has 31 heavy (non-hydrogen) atoms. The number of benzene rings is 2. The average molecular weight is 474 g/mol. The molecule has 0 aliphatic heterocycles. The van der Waals surface area contributed by atoms with Crippen LogP contribution in [0.3, 0.4) is 0 Å². The Kier molecular flexibility index (Phi) is 8.98. The first kappa shape index (κ1) is 23.4. The molecule has 0 aliphatic rings. The van der Waals surface area contributed by atoms with Crippen molar-refractivity contribution in [2.45, 2.75) is 23.5 Å². The maximum atomic E-state index is 12.2.